The Labute approximate surface area is 229 Å². The molecule has 0 bridgehead atoms. The van der Waals surface area contributed by atoms with Crippen molar-refractivity contribution in [2.45, 2.75) is 71.4 Å². The number of carbonyl (C=O) groups excluding carboxylic acids is 2. The predicted octanol–water partition coefficient (Wildman–Crippen LogP) is 2.43. The van der Waals surface area contributed by atoms with Crippen molar-refractivity contribution in [3.8, 4) is 0 Å². The molecule has 2 aromatic carbocycles. The quantitative estimate of drug-likeness (QED) is 0.219. The molecule has 39 heavy (non-hydrogen) atoms. The van der Waals surface area contributed by atoms with Crippen LogP contribution in [0.1, 0.15) is 45.2 Å². The molecule has 0 fully saturated rings. The van der Waals surface area contributed by atoms with Crippen molar-refractivity contribution in [2.24, 2.45) is 11.1 Å². The number of aliphatic hydroxyl groups is 1. The van der Waals surface area contributed by atoms with Crippen LogP contribution < -0.4 is 21.7 Å². The summed E-state index contributed by atoms with van der Waals surface area (Å²) in [6.07, 6.45) is -1.23. The van der Waals surface area contributed by atoms with Gasteiger partial charge >= 0.3 is 0 Å². The van der Waals surface area contributed by atoms with Gasteiger partial charge in [0.1, 0.15) is 17.7 Å². The Kier molecular flexibility index (Phi) is 12.9. The van der Waals surface area contributed by atoms with Crippen LogP contribution in [0.15, 0.2) is 48.5 Å². The summed E-state index contributed by atoms with van der Waals surface area (Å²) in [5.41, 5.74) is 6.56. The van der Waals surface area contributed by atoms with Gasteiger partial charge in [-0.05, 0) is 41.2 Å². The van der Waals surface area contributed by atoms with E-state index in [0.717, 1.165) is 23.8 Å². The molecule has 0 radical (unpaired) electrons. The molecule has 2 unspecified atom stereocenters. The number of hydrogen-bond acceptors (Lipinski definition) is 6. The van der Waals surface area contributed by atoms with Crippen LogP contribution in [0.4, 0.5) is 8.78 Å². The van der Waals surface area contributed by atoms with Gasteiger partial charge in [0.05, 0.1) is 19.3 Å². The van der Waals surface area contributed by atoms with E-state index in [4.69, 9.17) is 10.5 Å². The van der Waals surface area contributed by atoms with E-state index in [2.05, 4.69) is 16.0 Å². The highest BCUT2D eigenvalue weighted by Gasteiger charge is 2.27. The minimum atomic E-state index is -1.45. The van der Waals surface area contributed by atoms with Crippen molar-refractivity contribution in [2.75, 3.05) is 19.7 Å². The number of nitrogens with two attached hydrogens (primary N) is 1. The van der Waals surface area contributed by atoms with Gasteiger partial charge in [0, 0.05) is 31.6 Å². The highest BCUT2D eigenvalue weighted by atomic mass is 19.1. The van der Waals surface area contributed by atoms with Gasteiger partial charge in [0.15, 0.2) is 0 Å². The lowest BCUT2D eigenvalue weighted by atomic mass is 9.93. The van der Waals surface area contributed by atoms with E-state index in [1.807, 2.05) is 58.0 Å². The fourth-order valence-corrected chi connectivity index (χ4v) is 3.93. The summed E-state index contributed by atoms with van der Waals surface area (Å²) in [4.78, 5) is 25.1. The molecule has 2 rings (SSSR count). The highest BCUT2D eigenvalue weighted by molar-refractivity contribution is 5.81. The molecule has 0 saturated carbocycles. The van der Waals surface area contributed by atoms with Crippen molar-refractivity contribution < 1.29 is 28.2 Å². The predicted molar refractivity (Wildman–Crippen MR) is 147 cm³/mol. The van der Waals surface area contributed by atoms with Crippen molar-refractivity contribution in [1.29, 1.82) is 0 Å². The molecule has 0 spiro atoms. The molecule has 3 atom stereocenters. The smallest absolute Gasteiger partial charge is 0.250 e. The summed E-state index contributed by atoms with van der Waals surface area (Å²) in [6, 6.07) is 11.5. The van der Waals surface area contributed by atoms with Gasteiger partial charge in [-0.2, -0.15) is 0 Å². The average molecular weight is 549 g/mol. The Morgan fingerprint density at radius 2 is 1.72 bits per heavy atom. The number of carbonyl (C=O) groups is 2. The van der Waals surface area contributed by atoms with Crippen LogP contribution >= 0.6 is 0 Å². The largest absolute Gasteiger partial charge is 0.382 e. The van der Waals surface area contributed by atoms with E-state index in [-0.39, 0.29) is 50.1 Å². The molecule has 0 saturated heterocycles. The maximum Gasteiger partial charge on any atom is 0.250 e. The first-order chi connectivity index (χ1) is 18.4. The third-order valence-corrected chi connectivity index (χ3v) is 6.08. The molecule has 2 amide bonds. The molecule has 8 nitrogen and oxygen atoms in total. The number of aliphatic hydroxyl groups excluding tert-OH is 1. The number of amides is 2. The molecule has 0 aliphatic heterocycles. The number of nitrogens with one attached hydrogen (secondary N) is 3. The lowest BCUT2D eigenvalue weighted by Crippen LogP contribution is -2.51. The van der Waals surface area contributed by atoms with Crippen LogP contribution in [0, 0.1) is 17.0 Å². The van der Waals surface area contributed by atoms with Gasteiger partial charge in [-0.25, -0.2) is 8.78 Å². The second kappa shape index (κ2) is 15.6. The minimum absolute atomic E-state index is 0.00797. The van der Waals surface area contributed by atoms with Crippen LogP contribution in [-0.4, -0.2) is 60.8 Å². The van der Waals surface area contributed by atoms with Crippen LogP contribution in [0.2, 0.25) is 0 Å². The maximum atomic E-state index is 14.1. The van der Waals surface area contributed by atoms with Gasteiger partial charge in [0.25, 0.3) is 5.91 Å². The molecule has 216 valence electrons. The van der Waals surface area contributed by atoms with E-state index in [9.17, 15) is 23.5 Å². The highest BCUT2D eigenvalue weighted by Crippen LogP contribution is 2.15. The monoisotopic (exact) mass is 548 g/mol. The van der Waals surface area contributed by atoms with Gasteiger partial charge in [-0.3, -0.25) is 9.59 Å². The van der Waals surface area contributed by atoms with E-state index in [0.29, 0.717) is 6.61 Å². The van der Waals surface area contributed by atoms with Crippen LogP contribution in [0.3, 0.4) is 0 Å². The summed E-state index contributed by atoms with van der Waals surface area (Å²) in [6.45, 7) is 8.29. The lowest BCUT2D eigenvalue weighted by Gasteiger charge is -2.27. The van der Waals surface area contributed by atoms with Gasteiger partial charge in [0.2, 0.25) is 5.91 Å². The SMILES string of the molecule is CC(C)NC(CC(=O)NCC(C)(C)CNC(=O)C(O)[C@H](N)COCc1ccccc1)Cc1cc(F)ccc1F. The fraction of sp³-hybridized carbons (Fsp3) is 0.517. The zero-order chi connectivity index (χ0) is 29.0. The second-order valence-corrected chi connectivity index (χ2v) is 10.9. The number of rotatable bonds is 16. The first-order valence-electron chi connectivity index (χ1n) is 13.2. The Balaban J connectivity index is 1.78. The van der Waals surface area contributed by atoms with Gasteiger partial charge in [-0.1, -0.05) is 58.0 Å². The number of hydrogen-bond donors (Lipinski definition) is 5. The molecule has 2 aromatic rings. The first-order valence-corrected chi connectivity index (χ1v) is 13.2. The molecule has 0 aromatic heterocycles. The summed E-state index contributed by atoms with van der Waals surface area (Å²) in [5.74, 6) is -1.94. The van der Waals surface area contributed by atoms with Crippen LogP contribution in [0.25, 0.3) is 0 Å². The standard InChI is InChI=1S/C29H42F2N4O4/c1-19(2)35-23(13-21-12-22(30)10-11-24(21)31)14-26(36)33-17-29(3,4)18-34-28(38)27(37)25(32)16-39-15-20-8-6-5-7-9-20/h5-12,19,23,25,27,35,37H,13-18,32H2,1-4H3,(H,33,36)(H,34,38)/t23?,25-,27?/m1/s1. The van der Waals surface area contributed by atoms with Crippen molar-refractivity contribution >= 4 is 11.8 Å². The second-order valence-electron chi connectivity index (χ2n) is 10.9. The maximum absolute atomic E-state index is 14.1. The van der Waals surface area contributed by atoms with E-state index >= 15 is 0 Å². The summed E-state index contributed by atoms with van der Waals surface area (Å²) < 4.78 is 33.2. The zero-order valence-corrected chi connectivity index (χ0v) is 23.2. The number of ether oxygens (including phenoxy) is 1. The topological polar surface area (TPSA) is 126 Å². The molecule has 0 heterocycles. The van der Waals surface area contributed by atoms with E-state index in [1.54, 1.807) is 0 Å². The van der Waals surface area contributed by atoms with Crippen LogP contribution in [-0.2, 0) is 27.4 Å². The number of halogens is 2. The van der Waals surface area contributed by atoms with E-state index in [1.165, 1.54) is 0 Å². The zero-order valence-electron chi connectivity index (χ0n) is 23.2. The van der Waals surface area contributed by atoms with E-state index < -0.39 is 41.1 Å². The van der Waals surface area contributed by atoms with Crippen molar-refractivity contribution in [1.82, 2.24) is 16.0 Å². The molecule has 10 heteroatoms. The van der Waals surface area contributed by atoms with Crippen molar-refractivity contribution in [3.63, 3.8) is 0 Å². The first kappa shape index (κ1) is 32.3. The number of benzene rings is 2. The Bertz CT molecular complexity index is 1050. The average Bonchev–Trinajstić information content (AvgIpc) is 2.88. The minimum Gasteiger partial charge on any atom is -0.382 e. The fourth-order valence-electron chi connectivity index (χ4n) is 3.93. The van der Waals surface area contributed by atoms with Gasteiger partial charge in [-0.15, -0.1) is 0 Å². The summed E-state index contributed by atoms with van der Waals surface area (Å²) >= 11 is 0. The third kappa shape index (κ3) is 12.2. The Morgan fingerprint density at radius 3 is 2.38 bits per heavy atom. The molecule has 6 N–H and O–H groups in total. The van der Waals surface area contributed by atoms with Crippen LogP contribution in [0.5, 0.6) is 0 Å². The normalized spacial score (nSPS) is 14.1. The molecular formula is C29H42F2N4O4. The third-order valence-electron chi connectivity index (χ3n) is 6.08. The summed E-state index contributed by atoms with van der Waals surface area (Å²) in [7, 11) is 0. The molecule has 0 aliphatic rings. The Hall–Kier alpha value is -2.92. The Morgan fingerprint density at radius 1 is 1.05 bits per heavy atom. The lowest BCUT2D eigenvalue weighted by molar-refractivity contribution is -0.131. The molecule has 0 aliphatic carbocycles. The van der Waals surface area contributed by atoms with Crippen molar-refractivity contribution in [3.05, 3.63) is 71.3 Å². The van der Waals surface area contributed by atoms with Gasteiger partial charge < -0.3 is 31.5 Å². The molecular weight excluding hydrogens is 506 g/mol. The summed E-state index contributed by atoms with van der Waals surface area (Å²) in [5, 5.41) is 19.0.